The van der Waals surface area contributed by atoms with Gasteiger partial charge in [0.15, 0.2) is 6.10 Å². The summed E-state index contributed by atoms with van der Waals surface area (Å²) in [7, 11) is 0. The Balaban J connectivity index is 2.04. The second kappa shape index (κ2) is 5.22. The number of esters is 1. The molecule has 2 atom stereocenters. The summed E-state index contributed by atoms with van der Waals surface area (Å²) in [5, 5.41) is 0. The van der Waals surface area contributed by atoms with Crippen LogP contribution >= 0.6 is 0 Å². The fraction of sp³-hybridized carbons (Fsp3) is 0.900. The molecule has 0 radical (unpaired) electrons. The topological polar surface area (TPSA) is 38.8 Å². The molecule has 1 aliphatic heterocycles. The van der Waals surface area contributed by atoms with Gasteiger partial charge >= 0.3 is 5.97 Å². The summed E-state index contributed by atoms with van der Waals surface area (Å²) in [4.78, 5) is 11.1. The van der Waals surface area contributed by atoms with Gasteiger partial charge in [-0.3, -0.25) is 0 Å². The van der Waals surface area contributed by atoms with Crippen LogP contribution in [0.5, 0.6) is 0 Å². The van der Waals surface area contributed by atoms with Gasteiger partial charge in [-0.05, 0) is 13.3 Å². The summed E-state index contributed by atoms with van der Waals surface area (Å²) in [5.41, 5.74) is 0. The number of rotatable bonds is 6. The molecule has 13 heavy (non-hydrogen) atoms. The largest absolute Gasteiger partial charge is 0.464 e. The molecule has 1 rings (SSSR count). The van der Waals surface area contributed by atoms with Gasteiger partial charge in [-0.25, -0.2) is 4.79 Å². The first-order valence-corrected chi connectivity index (χ1v) is 5.11. The smallest absolute Gasteiger partial charge is 0.337 e. The SMILES string of the molecule is CCCCC[C@@H]1O[C@H]1C(=O)OCC. The first kappa shape index (κ1) is 10.5. The van der Waals surface area contributed by atoms with Crippen LogP contribution in [0, 0.1) is 0 Å². The summed E-state index contributed by atoms with van der Waals surface area (Å²) in [6.07, 6.45) is 4.46. The Morgan fingerprint density at radius 1 is 1.38 bits per heavy atom. The van der Waals surface area contributed by atoms with Crippen LogP contribution in [0.1, 0.15) is 39.5 Å². The molecule has 3 nitrogen and oxygen atoms in total. The van der Waals surface area contributed by atoms with Crippen LogP contribution < -0.4 is 0 Å². The van der Waals surface area contributed by atoms with Crippen molar-refractivity contribution in [2.24, 2.45) is 0 Å². The van der Waals surface area contributed by atoms with Crippen LogP contribution in [0.2, 0.25) is 0 Å². The van der Waals surface area contributed by atoms with Crippen molar-refractivity contribution in [2.75, 3.05) is 6.61 Å². The van der Waals surface area contributed by atoms with Crippen molar-refractivity contribution in [3.8, 4) is 0 Å². The highest BCUT2D eigenvalue weighted by Crippen LogP contribution is 2.28. The van der Waals surface area contributed by atoms with E-state index in [1.807, 2.05) is 6.92 Å². The van der Waals surface area contributed by atoms with Crippen LogP contribution in [-0.4, -0.2) is 24.8 Å². The predicted octanol–water partition coefficient (Wildman–Crippen LogP) is 1.90. The standard InChI is InChI=1S/C10H18O3/c1-3-5-6-7-8-9(13-8)10(11)12-4-2/h8-9H,3-7H2,1-2H3/t8-,9+/m0/s1. The first-order valence-electron chi connectivity index (χ1n) is 5.11. The van der Waals surface area contributed by atoms with Crippen LogP contribution in [0.25, 0.3) is 0 Å². The van der Waals surface area contributed by atoms with E-state index in [-0.39, 0.29) is 18.2 Å². The Morgan fingerprint density at radius 2 is 2.15 bits per heavy atom. The molecule has 0 aromatic heterocycles. The molecule has 76 valence electrons. The van der Waals surface area contributed by atoms with Crippen LogP contribution in [0.15, 0.2) is 0 Å². The van der Waals surface area contributed by atoms with E-state index in [4.69, 9.17) is 9.47 Å². The fourth-order valence-electron chi connectivity index (χ4n) is 1.39. The summed E-state index contributed by atoms with van der Waals surface area (Å²) in [6.45, 7) is 4.42. The van der Waals surface area contributed by atoms with Gasteiger partial charge in [0.05, 0.1) is 12.7 Å². The lowest BCUT2D eigenvalue weighted by molar-refractivity contribution is -0.144. The quantitative estimate of drug-likeness (QED) is 0.361. The van der Waals surface area contributed by atoms with E-state index in [0.29, 0.717) is 6.61 Å². The highest BCUT2D eigenvalue weighted by atomic mass is 16.6. The van der Waals surface area contributed by atoms with Gasteiger partial charge in [0.2, 0.25) is 0 Å². The third-order valence-corrected chi connectivity index (χ3v) is 2.19. The summed E-state index contributed by atoms with van der Waals surface area (Å²) in [5.74, 6) is -0.191. The van der Waals surface area contributed by atoms with E-state index in [2.05, 4.69) is 6.92 Å². The van der Waals surface area contributed by atoms with Crippen molar-refractivity contribution >= 4 is 5.97 Å². The third-order valence-electron chi connectivity index (χ3n) is 2.19. The molecule has 0 saturated carbocycles. The lowest BCUT2D eigenvalue weighted by atomic mass is 10.1. The van der Waals surface area contributed by atoms with Crippen molar-refractivity contribution in [3.05, 3.63) is 0 Å². The number of carbonyl (C=O) groups is 1. The fourth-order valence-corrected chi connectivity index (χ4v) is 1.39. The van der Waals surface area contributed by atoms with Gasteiger partial charge in [-0.15, -0.1) is 0 Å². The van der Waals surface area contributed by atoms with Crippen molar-refractivity contribution in [2.45, 2.75) is 51.7 Å². The van der Waals surface area contributed by atoms with Crippen LogP contribution in [0.4, 0.5) is 0 Å². The molecule has 0 spiro atoms. The van der Waals surface area contributed by atoms with Gasteiger partial charge < -0.3 is 9.47 Å². The van der Waals surface area contributed by atoms with E-state index in [1.54, 1.807) is 0 Å². The molecule has 0 bridgehead atoms. The Hall–Kier alpha value is -0.570. The van der Waals surface area contributed by atoms with Crippen LogP contribution in [-0.2, 0) is 14.3 Å². The van der Waals surface area contributed by atoms with Crippen LogP contribution in [0.3, 0.4) is 0 Å². The molecular weight excluding hydrogens is 168 g/mol. The third kappa shape index (κ3) is 3.35. The van der Waals surface area contributed by atoms with Gasteiger partial charge in [0, 0.05) is 0 Å². The number of epoxide rings is 1. The van der Waals surface area contributed by atoms with E-state index in [0.717, 1.165) is 12.8 Å². The molecule has 3 heteroatoms. The molecule has 0 aromatic rings. The van der Waals surface area contributed by atoms with Gasteiger partial charge in [-0.2, -0.15) is 0 Å². The first-order chi connectivity index (χ1) is 6.29. The lowest BCUT2D eigenvalue weighted by Crippen LogP contribution is -2.13. The molecular formula is C10H18O3. The molecule has 1 fully saturated rings. The average molecular weight is 186 g/mol. The molecule has 0 aromatic carbocycles. The van der Waals surface area contributed by atoms with E-state index >= 15 is 0 Å². The van der Waals surface area contributed by atoms with Crippen molar-refractivity contribution in [1.82, 2.24) is 0 Å². The monoisotopic (exact) mass is 186 g/mol. The minimum atomic E-state index is -0.253. The number of unbranched alkanes of at least 4 members (excludes halogenated alkanes) is 2. The van der Waals surface area contributed by atoms with Crippen molar-refractivity contribution in [1.29, 1.82) is 0 Å². The second-order valence-electron chi connectivity index (χ2n) is 3.34. The number of hydrogen-bond acceptors (Lipinski definition) is 3. The lowest BCUT2D eigenvalue weighted by Gasteiger charge is -1.96. The Kier molecular flexibility index (Phi) is 4.22. The predicted molar refractivity (Wildman–Crippen MR) is 49.4 cm³/mol. The molecule has 1 heterocycles. The molecule has 0 N–H and O–H groups in total. The zero-order chi connectivity index (χ0) is 9.68. The second-order valence-corrected chi connectivity index (χ2v) is 3.34. The minimum Gasteiger partial charge on any atom is -0.464 e. The summed E-state index contributed by atoms with van der Waals surface area (Å²) < 4.78 is 10.0. The molecule has 1 saturated heterocycles. The van der Waals surface area contributed by atoms with Gasteiger partial charge in [0.1, 0.15) is 0 Å². The van der Waals surface area contributed by atoms with E-state index in [9.17, 15) is 4.79 Å². The normalized spacial score (nSPS) is 25.7. The maximum Gasteiger partial charge on any atom is 0.337 e. The Labute approximate surface area is 79.4 Å². The van der Waals surface area contributed by atoms with E-state index < -0.39 is 0 Å². The maximum atomic E-state index is 11.1. The minimum absolute atomic E-state index is 0.144. The average Bonchev–Trinajstić information content (AvgIpc) is 2.85. The highest BCUT2D eigenvalue weighted by molar-refractivity contribution is 5.77. The zero-order valence-corrected chi connectivity index (χ0v) is 8.41. The Bertz CT molecular complexity index is 168. The maximum absolute atomic E-state index is 11.1. The number of hydrogen-bond donors (Lipinski definition) is 0. The molecule has 0 aliphatic carbocycles. The molecule has 0 unspecified atom stereocenters. The highest BCUT2D eigenvalue weighted by Gasteiger charge is 2.45. The van der Waals surface area contributed by atoms with E-state index in [1.165, 1.54) is 12.8 Å². The molecule has 0 amide bonds. The zero-order valence-electron chi connectivity index (χ0n) is 8.41. The number of ether oxygens (including phenoxy) is 2. The van der Waals surface area contributed by atoms with Gasteiger partial charge in [0.25, 0.3) is 0 Å². The van der Waals surface area contributed by atoms with Crippen molar-refractivity contribution in [3.63, 3.8) is 0 Å². The van der Waals surface area contributed by atoms with Crippen molar-refractivity contribution < 1.29 is 14.3 Å². The molecule has 1 aliphatic rings. The number of carbonyl (C=O) groups excluding carboxylic acids is 1. The Morgan fingerprint density at radius 3 is 2.77 bits per heavy atom. The summed E-state index contributed by atoms with van der Waals surface area (Å²) >= 11 is 0. The van der Waals surface area contributed by atoms with Gasteiger partial charge in [-0.1, -0.05) is 26.2 Å². The summed E-state index contributed by atoms with van der Waals surface area (Å²) in [6, 6.07) is 0.